The van der Waals surface area contributed by atoms with Crippen molar-refractivity contribution in [3.05, 3.63) is 23.8 Å². The highest BCUT2D eigenvalue weighted by atomic mass is 35.5. The summed E-state index contributed by atoms with van der Waals surface area (Å²) >= 11 is 4.43. The summed E-state index contributed by atoms with van der Waals surface area (Å²) in [5.41, 5.74) is 13.1. The zero-order valence-corrected chi connectivity index (χ0v) is 17.2. The van der Waals surface area contributed by atoms with Gasteiger partial charge in [0.2, 0.25) is 0 Å². The second-order valence-corrected chi connectivity index (χ2v) is 6.32. The van der Waals surface area contributed by atoms with Crippen molar-refractivity contribution in [1.29, 1.82) is 0 Å². The molecular formula is C16H23Cl2F3N4OS. The number of aliphatic imine (C=N–C) groups is 1. The molecule has 3 unspecified atom stereocenters. The van der Waals surface area contributed by atoms with Crippen LogP contribution in [0.25, 0.3) is 0 Å². The van der Waals surface area contributed by atoms with Crippen molar-refractivity contribution in [3.63, 3.8) is 0 Å². The van der Waals surface area contributed by atoms with Gasteiger partial charge in [0.15, 0.2) is 11.1 Å². The number of rotatable bonds is 5. The van der Waals surface area contributed by atoms with Crippen LogP contribution in [-0.4, -0.2) is 29.1 Å². The molecule has 0 bridgehead atoms. The summed E-state index contributed by atoms with van der Waals surface area (Å²) in [7, 11) is 0. The number of fused-ring (bicyclic) bond motifs is 1. The number of nitrogens with two attached hydrogens (primary N) is 2. The molecule has 11 heteroatoms. The lowest BCUT2D eigenvalue weighted by Crippen LogP contribution is -2.46. The maximum absolute atomic E-state index is 12.7. The second kappa shape index (κ2) is 10.3. The van der Waals surface area contributed by atoms with Gasteiger partial charge in [-0.1, -0.05) is 31.6 Å². The summed E-state index contributed by atoms with van der Waals surface area (Å²) in [6, 6.07) is 3.75. The Morgan fingerprint density at radius 2 is 2.00 bits per heavy atom. The lowest BCUT2D eigenvalue weighted by molar-refractivity contribution is -0.0598. The van der Waals surface area contributed by atoms with E-state index in [2.05, 4.69) is 22.5 Å². The predicted octanol–water partition coefficient (Wildman–Crippen LogP) is 3.95. The van der Waals surface area contributed by atoms with Gasteiger partial charge < -0.3 is 21.5 Å². The fraction of sp³-hybridized carbons (Fsp3) is 0.500. The molecular weight excluding hydrogens is 424 g/mol. The van der Waals surface area contributed by atoms with Crippen molar-refractivity contribution in [1.82, 2.24) is 5.32 Å². The van der Waals surface area contributed by atoms with Crippen LogP contribution in [0.2, 0.25) is 0 Å². The van der Waals surface area contributed by atoms with E-state index in [1.807, 2.05) is 6.92 Å². The third-order valence-corrected chi connectivity index (χ3v) is 4.29. The Bertz CT molecular complexity index is 688. The highest BCUT2D eigenvalue weighted by Gasteiger charge is 2.36. The molecule has 1 aliphatic heterocycles. The molecule has 0 amide bonds. The van der Waals surface area contributed by atoms with E-state index in [0.717, 1.165) is 0 Å². The van der Waals surface area contributed by atoms with Crippen molar-refractivity contribution < 1.29 is 17.9 Å². The summed E-state index contributed by atoms with van der Waals surface area (Å²) in [5, 5.41) is 2.34. The number of benzene rings is 1. The van der Waals surface area contributed by atoms with Crippen LogP contribution < -0.4 is 21.5 Å². The van der Waals surface area contributed by atoms with E-state index in [4.69, 9.17) is 16.2 Å². The zero-order valence-electron chi connectivity index (χ0n) is 14.7. The molecule has 2 rings (SSSR count). The van der Waals surface area contributed by atoms with Gasteiger partial charge in [0, 0.05) is 6.04 Å². The molecule has 154 valence electrons. The normalized spacial score (nSPS) is 17.9. The summed E-state index contributed by atoms with van der Waals surface area (Å²) in [5.74, 6) is 0.892. The number of halogens is 5. The van der Waals surface area contributed by atoms with Gasteiger partial charge in [0.1, 0.15) is 17.3 Å². The van der Waals surface area contributed by atoms with Crippen molar-refractivity contribution >= 4 is 53.5 Å². The van der Waals surface area contributed by atoms with Gasteiger partial charge in [-0.25, -0.2) is 4.99 Å². The zero-order chi connectivity index (χ0) is 18.8. The molecule has 1 aromatic carbocycles. The topological polar surface area (TPSA) is 85.7 Å². The van der Waals surface area contributed by atoms with E-state index in [1.165, 1.54) is 0 Å². The Morgan fingerprint density at radius 3 is 2.56 bits per heavy atom. The molecule has 1 heterocycles. The minimum atomic E-state index is -4.58. The number of nitrogens with zero attached hydrogens (tertiary/aromatic N) is 1. The fourth-order valence-corrected chi connectivity index (χ4v) is 2.70. The molecule has 0 aliphatic carbocycles. The minimum absolute atomic E-state index is 0. The van der Waals surface area contributed by atoms with Crippen LogP contribution in [0.4, 0.5) is 18.9 Å². The van der Waals surface area contributed by atoms with Crippen molar-refractivity contribution in [3.8, 4) is 5.75 Å². The lowest BCUT2D eigenvalue weighted by Gasteiger charge is -2.28. The van der Waals surface area contributed by atoms with Gasteiger partial charge in [0.05, 0.1) is 6.04 Å². The number of ether oxygens (including phenoxy) is 1. The van der Waals surface area contributed by atoms with Gasteiger partial charge in [-0.2, -0.15) is 13.2 Å². The highest BCUT2D eigenvalue weighted by molar-refractivity contribution is 7.80. The van der Waals surface area contributed by atoms with E-state index in [-0.39, 0.29) is 30.9 Å². The smallest absolute Gasteiger partial charge is 0.441 e. The summed E-state index contributed by atoms with van der Waals surface area (Å²) in [6.07, 6.45) is -3.82. The Labute approximate surface area is 173 Å². The average molecular weight is 447 g/mol. The van der Waals surface area contributed by atoms with Crippen molar-refractivity contribution in [2.75, 3.05) is 0 Å². The lowest BCUT2D eigenvalue weighted by atomic mass is 9.96. The molecule has 1 aromatic rings. The van der Waals surface area contributed by atoms with Crippen LogP contribution >= 0.6 is 37.0 Å². The quantitative estimate of drug-likeness (QED) is 0.596. The largest absolute Gasteiger partial charge is 0.481 e. The summed E-state index contributed by atoms with van der Waals surface area (Å²) in [6.45, 7) is 3.64. The van der Waals surface area contributed by atoms with E-state index < -0.39 is 23.2 Å². The monoisotopic (exact) mass is 446 g/mol. The number of alkyl halides is 3. The Morgan fingerprint density at radius 1 is 1.37 bits per heavy atom. The number of nitrogens with one attached hydrogen (secondary N) is 1. The van der Waals surface area contributed by atoms with Gasteiger partial charge >= 0.3 is 6.18 Å². The van der Waals surface area contributed by atoms with Crippen LogP contribution in [0.15, 0.2) is 23.2 Å². The molecule has 5 nitrogen and oxygen atoms in total. The number of hydrogen-bond acceptors (Lipinski definition) is 5. The van der Waals surface area contributed by atoms with Crippen LogP contribution in [0.1, 0.15) is 38.3 Å². The van der Waals surface area contributed by atoms with E-state index in [1.54, 1.807) is 25.1 Å². The molecule has 1 aliphatic rings. The first kappa shape index (κ1) is 25.7. The third kappa shape index (κ3) is 6.38. The van der Waals surface area contributed by atoms with Crippen LogP contribution in [0, 0.1) is 0 Å². The molecule has 0 aromatic heterocycles. The molecule has 0 spiro atoms. The molecule has 3 atom stereocenters. The van der Waals surface area contributed by atoms with Gasteiger partial charge in [-0.05, 0) is 31.0 Å². The van der Waals surface area contributed by atoms with Gasteiger partial charge in [-0.15, -0.1) is 24.8 Å². The van der Waals surface area contributed by atoms with E-state index in [9.17, 15) is 13.2 Å². The summed E-state index contributed by atoms with van der Waals surface area (Å²) in [4.78, 5) is 3.10. The third-order valence-electron chi connectivity index (χ3n) is 3.94. The van der Waals surface area contributed by atoms with Gasteiger partial charge in [0.25, 0.3) is 0 Å². The van der Waals surface area contributed by atoms with Crippen molar-refractivity contribution in [2.45, 2.75) is 51.1 Å². The molecule has 0 radical (unpaired) electrons. The second-order valence-electron chi connectivity index (χ2n) is 5.92. The predicted molar refractivity (Wildman–Crippen MR) is 110 cm³/mol. The van der Waals surface area contributed by atoms with Crippen LogP contribution in [-0.2, 0) is 0 Å². The van der Waals surface area contributed by atoms with Crippen molar-refractivity contribution in [2.24, 2.45) is 16.5 Å². The Kier molecular flexibility index (Phi) is 9.82. The minimum Gasteiger partial charge on any atom is -0.481 e. The number of hydrogen-bond donors (Lipinski definition) is 3. The highest BCUT2D eigenvalue weighted by Crippen LogP contribution is 2.35. The molecule has 0 saturated carbocycles. The Hall–Kier alpha value is -1.29. The first-order chi connectivity index (χ1) is 11.6. The standard InChI is InChI=1S/C16H21F3N4OS.2ClH/c1-3-4-10(23-15(25)16(17,18)19)13(20)9-5-6-12-11(7-9)22-14(21)8(2)24-12;;/h5-8,10,13H,3-4,20H2,1-2H3,(H2,21,22)(H,23,25);2*1H. The SMILES string of the molecule is CCCC(NC(=S)C(F)(F)F)C(N)c1ccc2c(c1)N=C(N)C(C)O2.Cl.Cl. The van der Waals surface area contributed by atoms with Crippen LogP contribution in [0.3, 0.4) is 0 Å². The average Bonchev–Trinajstić information content (AvgIpc) is 2.53. The molecule has 5 N–H and O–H groups in total. The number of amidine groups is 1. The summed E-state index contributed by atoms with van der Waals surface area (Å²) < 4.78 is 43.8. The fourth-order valence-electron chi connectivity index (χ4n) is 2.54. The maximum Gasteiger partial charge on any atom is 0.441 e. The van der Waals surface area contributed by atoms with E-state index in [0.29, 0.717) is 35.7 Å². The first-order valence-electron chi connectivity index (χ1n) is 7.91. The van der Waals surface area contributed by atoms with E-state index >= 15 is 0 Å². The molecule has 27 heavy (non-hydrogen) atoms. The van der Waals surface area contributed by atoms with Crippen LogP contribution in [0.5, 0.6) is 5.75 Å². The Balaban J connectivity index is 0.00000338. The first-order valence-corrected chi connectivity index (χ1v) is 8.32. The van der Waals surface area contributed by atoms with Gasteiger partial charge in [-0.3, -0.25) is 0 Å². The molecule has 0 fully saturated rings. The maximum atomic E-state index is 12.7. The number of thiocarbonyl (C=S) groups is 1. The molecule has 0 saturated heterocycles.